The van der Waals surface area contributed by atoms with Crippen LogP contribution in [0.1, 0.15) is 25.7 Å². The van der Waals surface area contributed by atoms with E-state index in [1.54, 1.807) is 0 Å². The molecule has 116 valence electrons. The van der Waals surface area contributed by atoms with Gasteiger partial charge in [-0.05, 0) is 70.4 Å². The second kappa shape index (κ2) is 7.28. The summed E-state index contributed by atoms with van der Waals surface area (Å²) in [6.45, 7) is 6.24. The Morgan fingerprint density at radius 1 is 1.14 bits per heavy atom. The van der Waals surface area contributed by atoms with Gasteiger partial charge in [-0.2, -0.15) is 0 Å². The van der Waals surface area contributed by atoms with Crippen molar-refractivity contribution in [3.8, 4) is 0 Å². The molecule has 0 amide bonds. The Morgan fingerprint density at radius 2 is 2.00 bits per heavy atom. The van der Waals surface area contributed by atoms with Gasteiger partial charge in [-0.1, -0.05) is 18.2 Å². The summed E-state index contributed by atoms with van der Waals surface area (Å²) in [5.41, 5.74) is 1.24. The Hall–Kier alpha value is -1.06. The van der Waals surface area contributed by atoms with E-state index in [9.17, 15) is 0 Å². The second-order valence-electron chi connectivity index (χ2n) is 6.69. The molecule has 21 heavy (non-hydrogen) atoms. The van der Waals surface area contributed by atoms with Gasteiger partial charge in [0.25, 0.3) is 0 Å². The molecule has 0 aromatic heterocycles. The van der Waals surface area contributed by atoms with E-state index in [-0.39, 0.29) is 0 Å². The largest absolute Gasteiger partial charge is 0.385 e. The van der Waals surface area contributed by atoms with Gasteiger partial charge in [0.1, 0.15) is 0 Å². The van der Waals surface area contributed by atoms with Crippen LogP contribution in [0.3, 0.4) is 0 Å². The lowest BCUT2D eigenvalue weighted by atomic mass is 9.84. The first-order valence-electron chi connectivity index (χ1n) is 8.54. The van der Waals surface area contributed by atoms with Gasteiger partial charge in [0.2, 0.25) is 0 Å². The normalized spacial score (nSPS) is 27.3. The zero-order valence-electron chi connectivity index (χ0n) is 13.3. The van der Waals surface area contributed by atoms with Gasteiger partial charge in [0.15, 0.2) is 0 Å². The fraction of sp³-hybridized carbons (Fsp3) is 0.667. The number of hydrogen-bond acceptors (Lipinski definition) is 3. The number of benzene rings is 1. The van der Waals surface area contributed by atoms with Crippen molar-refractivity contribution in [1.82, 2.24) is 9.80 Å². The minimum atomic E-state index is 0.859. The van der Waals surface area contributed by atoms with Crippen LogP contribution in [0, 0.1) is 5.92 Å². The number of hydrogen-bond donors (Lipinski definition) is 1. The number of nitrogens with zero attached hydrogens (tertiary/aromatic N) is 2. The molecule has 2 unspecified atom stereocenters. The van der Waals surface area contributed by atoms with Crippen LogP contribution in [-0.2, 0) is 0 Å². The molecule has 0 radical (unpaired) electrons. The van der Waals surface area contributed by atoms with Crippen LogP contribution in [0.4, 0.5) is 5.69 Å². The standard InChI is InChI=1S/C18H29N3/c1-20-12-5-7-16-15-21(14-10-18(16)20)13-6-11-19-17-8-3-2-4-9-17/h2-4,8-9,16,18-19H,5-7,10-15H2,1H3. The number of rotatable bonds is 5. The minimum Gasteiger partial charge on any atom is -0.385 e. The molecule has 3 heteroatoms. The van der Waals surface area contributed by atoms with Crippen molar-refractivity contribution in [3.05, 3.63) is 30.3 Å². The molecule has 0 bridgehead atoms. The molecular weight excluding hydrogens is 258 g/mol. The third-order valence-corrected chi connectivity index (χ3v) is 5.18. The van der Waals surface area contributed by atoms with Crippen molar-refractivity contribution in [2.45, 2.75) is 31.7 Å². The quantitative estimate of drug-likeness (QED) is 0.840. The van der Waals surface area contributed by atoms with E-state index in [0.29, 0.717) is 0 Å². The summed E-state index contributed by atoms with van der Waals surface area (Å²) in [5.74, 6) is 0.916. The molecule has 2 atom stereocenters. The van der Waals surface area contributed by atoms with Crippen LogP contribution in [-0.4, -0.2) is 55.6 Å². The van der Waals surface area contributed by atoms with Gasteiger partial charge in [-0.3, -0.25) is 0 Å². The van der Waals surface area contributed by atoms with E-state index in [2.05, 4.69) is 52.5 Å². The van der Waals surface area contributed by atoms with Crippen LogP contribution in [0.5, 0.6) is 0 Å². The lowest BCUT2D eigenvalue weighted by Gasteiger charge is -2.46. The average Bonchev–Trinajstić information content (AvgIpc) is 2.53. The van der Waals surface area contributed by atoms with E-state index < -0.39 is 0 Å². The molecule has 1 aromatic rings. The summed E-state index contributed by atoms with van der Waals surface area (Å²) in [4.78, 5) is 5.29. The molecular formula is C18H29N3. The average molecular weight is 287 g/mol. The smallest absolute Gasteiger partial charge is 0.0340 e. The topological polar surface area (TPSA) is 18.5 Å². The maximum absolute atomic E-state index is 3.51. The number of piperidine rings is 2. The second-order valence-corrected chi connectivity index (χ2v) is 6.69. The third-order valence-electron chi connectivity index (χ3n) is 5.18. The molecule has 3 rings (SSSR count). The van der Waals surface area contributed by atoms with Gasteiger partial charge in [0.05, 0.1) is 0 Å². The molecule has 2 aliphatic rings. The van der Waals surface area contributed by atoms with Gasteiger partial charge < -0.3 is 15.1 Å². The summed E-state index contributed by atoms with van der Waals surface area (Å²) in [7, 11) is 2.32. The van der Waals surface area contributed by atoms with Gasteiger partial charge in [0, 0.05) is 24.8 Å². The van der Waals surface area contributed by atoms with E-state index in [1.807, 2.05) is 0 Å². The Labute approximate surface area is 129 Å². The van der Waals surface area contributed by atoms with E-state index in [4.69, 9.17) is 0 Å². The van der Waals surface area contributed by atoms with Crippen molar-refractivity contribution in [2.75, 3.05) is 45.1 Å². The number of likely N-dealkylation sites (tertiary alicyclic amines) is 2. The van der Waals surface area contributed by atoms with Crippen molar-refractivity contribution < 1.29 is 0 Å². The van der Waals surface area contributed by atoms with Crippen molar-refractivity contribution >= 4 is 5.69 Å². The molecule has 1 N–H and O–H groups in total. The highest BCUT2D eigenvalue weighted by Gasteiger charge is 2.33. The zero-order valence-corrected chi connectivity index (χ0v) is 13.3. The lowest BCUT2D eigenvalue weighted by Crippen LogP contribution is -2.52. The van der Waals surface area contributed by atoms with Gasteiger partial charge >= 0.3 is 0 Å². The summed E-state index contributed by atoms with van der Waals surface area (Å²) < 4.78 is 0. The Kier molecular flexibility index (Phi) is 5.15. The fourth-order valence-corrected chi connectivity index (χ4v) is 4.02. The van der Waals surface area contributed by atoms with Crippen LogP contribution in [0.25, 0.3) is 0 Å². The number of anilines is 1. The highest BCUT2D eigenvalue weighted by Crippen LogP contribution is 2.29. The predicted octanol–water partition coefficient (Wildman–Crippen LogP) is 2.90. The maximum Gasteiger partial charge on any atom is 0.0340 e. The lowest BCUT2D eigenvalue weighted by molar-refractivity contribution is 0.0386. The molecule has 2 aliphatic heterocycles. The fourth-order valence-electron chi connectivity index (χ4n) is 4.02. The van der Waals surface area contributed by atoms with Crippen molar-refractivity contribution in [3.63, 3.8) is 0 Å². The van der Waals surface area contributed by atoms with Gasteiger partial charge in [-0.25, -0.2) is 0 Å². The molecule has 3 nitrogen and oxygen atoms in total. The van der Waals surface area contributed by atoms with E-state index >= 15 is 0 Å². The number of nitrogens with one attached hydrogen (secondary N) is 1. The minimum absolute atomic E-state index is 0.859. The first kappa shape index (κ1) is 14.9. The molecule has 0 saturated carbocycles. The zero-order chi connectivity index (χ0) is 14.5. The summed E-state index contributed by atoms with van der Waals surface area (Å²) in [6, 6.07) is 11.4. The SMILES string of the molecule is CN1CCCC2CN(CCCNc3ccccc3)CCC21. The van der Waals surface area contributed by atoms with Crippen LogP contribution in [0.15, 0.2) is 30.3 Å². The molecule has 0 aliphatic carbocycles. The highest BCUT2D eigenvalue weighted by atomic mass is 15.2. The molecule has 2 fully saturated rings. The Bertz CT molecular complexity index is 420. The third kappa shape index (κ3) is 3.98. The molecule has 2 saturated heterocycles. The van der Waals surface area contributed by atoms with Crippen LogP contribution < -0.4 is 5.32 Å². The first-order chi connectivity index (χ1) is 10.3. The number of fused-ring (bicyclic) bond motifs is 1. The monoisotopic (exact) mass is 287 g/mol. The first-order valence-corrected chi connectivity index (χ1v) is 8.54. The van der Waals surface area contributed by atoms with Crippen molar-refractivity contribution in [1.29, 1.82) is 0 Å². The van der Waals surface area contributed by atoms with Crippen LogP contribution >= 0.6 is 0 Å². The maximum atomic E-state index is 3.51. The highest BCUT2D eigenvalue weighted by molar-refractivity contribution is 5.42. The Balaban J connectivity index is 1.37. The number of para-hydroxylation sites is 1. The van der Waals surface area contributed by atoms with Crippen LogP contribution in [0.2, 0.25) is 0 Å². The van der Waals surface area contributed by atoms with E-state index in [0.717, 1.165) is 18.5 Å². The summed E-state index contributed by atoms with van der Waals surface area (Å²) in [6.07, 6.45) is 5.43. The van der Waals surface area contributed by atoms with E-state index in [1.165, 1.54) is 57.5 Å². The molecule has 2 heterocycles. The summed E-state index contributed by atoms with van der Waals surface area (Å²) in [5, 5.41) is 3.51. The Morgan fingerprint density at radius 3 is 2.86 bits per heavy atom. The summed E-state index contributed by atoms with van der Waals surface area (Å²) >= 11 is 0. The van der Waals surface area contributed by atoms with Gasteiger partial charge in [-0.15, -0.1) is 0 Å². The molecule has 1 aromatic carbocycles. The molecule has 0 spiro atoms. The predicted molar refractivity (Wildman–Crippen MR) is 89.7 cm³/mol. The van der Waals surface area contributed by atoms with Crippen molar-refractivity contribution in [2.24, 2.45) is 5.92 Å².